The van der Waals surface area contributed by atoms with E-state index in [0.29, 0.717) is 18.3 Å². The number of aryl methyl sites for hydroxylation is 1. The van der Waals surface area contributed by atoms with E-state index in [2.05, 4.69) is 10.2 Å². The zero-order valence-corrected chi connectivity index (χ0v) is 10.7. The highest BCUT2D eigenvalue weighted by molar-refractivity contribution is 5.23. The number of fused-ring (bicyclic) bond motifs is 1. The van der Waals surface area contributed by atoms with Crippen molar-refractivity contribution in [3.05, 3.63) is 47.5 Å². The zero-order chi connectivity index (χ0) is 13.2. The molecule has 3 N–H and O–H groups in total. The third kappa shape index (κ3) is 2.27. The first kappa shape index (κ1) is 12.3. The van der Waals surface area contributed by atoms with Gasteiger partial charge in [-0.25, -0.2) is 0 Å². The maximum atomic E-state index is 10.4. The van der Waals surface area contributed by atoms with Crippen LogP contribution < -0.4 is 5.73 Å². The SMILES string of the molecule is NCC1CCc2nnc(C(O)c3ccccc3)n2C1. The zero-order valence-electron chi connectivity index (χ0n) is 10.7. The maximum Gasteiger partial charge on any atom is 0.166 e. The van der Waals surface area contributed by atoms with E-state index in [1.165, 1.54) is 0 Å². The molecule has 0 spiro atoms. The average Bonchev–Trinajstić information content (AvgIpc) is 2.90. The molecular formula is C14H18N4O. The molecule has 19 heavy (non-hydrogen) atoms. The van der Waals surface area contributed by atoms with Crippen molar-refractivity contribution < 1.29 is 5.11 Å². The number of nitrogens with two attached hydrogens (primary N) is 1. The van der Waals surface area contributed by atoms with E-state index in [9.17, 15) is 5.11 Å². The summed E-state index contributed by atoms with van der Waals surface area (Å²) in [5, 5.41) is 18.8. The number of aromatic nitrogens is 3. The summed E-state index contributed by atoms with van der Waals surface area (Å²) in [6.07, 6.45) is 1.21. The monoisotopic (exact) mass is 258 g/mol. The average molecular weight is 258 g/mol. The Morgan fingerprint density at radius 3 is 2.84 bits per heavy atom. The first-order valence-electron chi connectivity index (χ1n) is 6.64. The van der Waals surface area contributed by atoms with Crippen molar-refractivity contribution >= 4 is 0 Å². The lowest BCUT2D eigenvalue weighted by molar-refractivity contribution is 0.199. The standard InChI is InChI=1S/C14H18N4O/c15-8-10-6-7-12-16-17-14(18(12)9-10)13(19)11-4-2-1-3-5-11/h1-5,10,13,19H,6-9,15H2. The van der Waals surface area contributed by atoms with Crippen LogP contribution >= 0.6 is 0 Å². The number of nitrogens with zero attached hydrogens (tertiary/aromatic N) is 3. The Bertz CT molecular complexity index is 552. The molecule has 5 heteroatoms. The molecule has 0 saturated heterocycles. The predicted molar refractivity (Wildman–Crippen MR) is 71.4 cm³/mol. The number of hydrogen-bond donors (Lipinski definition) is 2. The Morgan fingerprint density at radius 1 is 1.32 bits per heavy atom. The number of rotatable bonds is 3. The molecule has 2 aromatic rings. The molecule has 1 aromatic carbocycles. The summed E-state index contributed by atoms with van der Waals surface area (Å²) in [6.45, 7) is 1.47. The van der Waals surface area contributed by atoms with Crippen LogP contribution in [0.4, 0.5) is 0 Å². The third-order valence-electron chi connectivity index (χ3n) is 3.77. The molecule has 100 valence electrons. The second kappa shape index (κ2) is 5.11. The molecule has 1 aliphatic rings. The third-order valence-corrected chi connectivity index (χ3v) is 3.77. The van der Waals surface area contributed by atoms with Gasteiger partial charge in [-0.15, -0.1) is 10.2 Å². The highest BCUT2D eigenvalue weighted by Crippen LogP contribution is 2.25. The summed E-state index contributed by atoms with van der Waals surface area (Å²) in [7, 11) is 0. The van der Waals surface area contributed by atoms with Crippen LogP contribution in [0.5, 0.6) is 0 Å². The van der Waals surface area contributed by atoms with Crippen molar-refractivity contribution in [2.75, 3.05) is 6.54 Å². The lowest BCUT2D eigenvalue weighted by atomic mass is 9.99. The highest BCUT2D eigenvalue weighted by Gasteiger charge is 2.25. The summed E-state index contributed by atoms with van der Waals surface area (Å²) in [5.41, 5.74) is 6.59. The van der Waals surface area contributed by atoms with Crippen LogP contribution in [0, 0.1) is 5.92 Å². The molecule has 0 aliphatic carbocycles. The van der Waals surface area contributed by atoms with E-state index < -0.39 is 6.10 Å². The van der Waals surface area contributed by atoms with Gasteiger partial charge in [0.2, 0.25) is 0 Å². The van der Waals surface area contributed by atoms with E-state index >= 15 is 0 Å². The topological polar surface area (TPSA) is 77.0 Å². The fourth-order valence-corrected chi connectivity index (χ4v) is 2.59. The van der Waals surface area contributed by atoms with E-state index in [1.807, 2.05) is 34.9 Å². The fraction of sp³-hybridized carbons (Fsp3) is 0.429. The number of hydrogen-bond acceptors (Lipinski definition) is 4. The second-order valence-corrected chi connectivity index (χ2v) is 5.04. The molecule has 1 aromatic heterocycles. The Labute approximate surface area is 112 Å². The van der Waals surface area contributed by atoms with Crippen LogP contribution in [0.25, 0.3) is 0 Å². The molecule has 0 radical (unpaired) electrons. The Balaban J connectivity index is 1.92. The van der Waals surface area contributed by atoms with Crippen LogP contribution in [-0.4, -0.2) is 26.4 Å². The van der Waals surface area contributed by atoms with Crippen LogP contribution in [0.1, 0.15) is 29.7 Å². The van der Waals surface area contributed by atoms with E-state index in [0.717, 1.165) is 30.8 Å². The van der Waals surface area contributed by atoms with Crippen molar-refractivity contribution in [3.8, 4) is 0 Å². The number of benzene rings is 1. The normalized spacial score (nSPS) is 20.0. The Hall–Kier alpha value is -1.72. The van der Waals surface area contributed by atoms with Gasteiger partial charge in [0, 0.05) is 13.0 Å². The molecule has 3 rings (SSSR count). The lowest BCUT2D eigenvalue weighted by Crippen LogP contribution is -2.28. The number of aliphatic hydroxyl groups excluding tert-OH is 1. The minimum absolute atomic E-state index is 0.449. The second-order valence-electron chi connectivity index (χ2n) is 5.04. The first-order valence-corrected chi connectivity index (χ1v) is 6.64. The summed E-state index contributed by atoms with van der Waals surface area (Å²) < 4.78 is 2.03. The first-order chi connectivity index (χ1) is 9.29. The van der Waals surface area contributed by atoms with Crippen LogP contribution in [0.15, 0.2) is 30.3 Å². The van der Waals surface area contributed by atoms with Gasteiger partial charge < -0.3 is 15.4 Å². The highest BCUT2D eigenvalue weighted by atomic mass is 16.3. The molecule has 5 nitrogen and oxygen atoms in total. The van der Waals surface area contributed by atoms with E-state index in [4.69, 9.17) is 5.73 Å². The van der Waals surface area contributed by atoms with Gasteiger partial charge >= 0.3 is 0 Å². The minimum atomic E-state index is -0.723. The van der Waals surface area contributed by atoms with Crippen molar-refractivity contribution in [1.29, 1.82) is 0 Å². The molecule has 0 amide bonds. The van der Waals surface area contributed by atoms with Crippen molar-refractivity contribution in [2.24, 2.45) is 11.7 Å². The van der Waals surface area contributed by atoms with E-state index in [-0.39, 0.29) is 0 Å². The van der Waals surface area contributed by atoms with Gasteiger partial charge in [-0.05, 0) is 24.4 Å². The Morgan fingerprint density at radius 2 is 2.11 bits per heavy atom. The summed E-state index contributed by atoms with van der Waals surface area (Å²) >= 11 is 0. The van der Waals surface area contributed by atoms with Crippen molar-refractivity contribution in [1.82, 2.24) is 14.8 Å². The van der Waals surface area contributed by atoms with Gasteiger partial charge in [0.1, 0.15) is 11.9 Å². The molecule has 0 fully saturated rings. The van der Waals surface area contributed by atoms with Gasteiger partial charge in [-0.2, -0.15) is 0 Å². The van der Waals surface area contributed by atoms with Gasteiger partial charge in [0.25, 0.3) is 0 Å². The van der Waals surface area contributed by atoms with Crippen molar-refractivity contribution in [3.63, 3.8) is 0 Å². The lowest BCUT2D eigenvalue weighted by Gasteiger charge is -2.24. The molecule has 1 aliphatic heterocycles. The van der Waals surface area contributed by atoms with Gasteiger partial charge in [0.15, 0.2) is 5.82 Å². The minimum Gasteiger partial charge on any atom is -0.380 e. The molecule has 2 heterocycles. The van der Waals surface area contributed by atoms with Crippen LogP contribution in [0.3, 0.4) is 0 Å². The smallest absolute Gasteiger partial charge is 0.166 e. The quantitative estimate of drug-likeness (QED) is 0.857. The molecule has 0 bridgehead atoms. The van der Waals surface area contributed by atoms with Gasteiger partial charge in [-0.3, -0.25) is 0 Å². The van der Waals surface area contributed by atoms with Crippen LogP contribution in [-0.2, 0) is 13.0 Å². The fourth-order valence-electron chi connectivity index (χ4n) is 2.59. The summed E-state index contributed by atoms with van der Waals surface area (Å²) in [4.78, 5) is 0. The van der Waals surface area contributed by atoms with Crippen LogP contribution in [0.2, 0.25) is 0 Å². The summed E-state index contributed by atoms with van der Waals surface area (Å²) in [6, 6.07) is 9.55. The van der Waals surface area contributed by atoms with Gasteiger partial charge in [0.05, 0.1) is 0 Å². The van der Waals surface area contributed by atoms with Gasteiger partial charge in [-0.1, -0.05) is 30.3 Å². The van der Waals surface area contributed by atoms with E-state index in [1.54, 1.807) is 0 Å². The molecule has 0 saturated carbocycles. The number of aliphatic hydroxyl groups is 1. The largest absolute Gasteiger partial charge is 0.380 e. The maximum absolute atomic E-state index is 10.4. The predicted octanol–water partition coefficient (Wildman–Crippen LogP) is 0.881. The Kier molecular flexibility index (Phi) is 3.31. The van der Waals surface area contributed by atoms with Crippen molar-refractivity contribution in [2.45, 2.75) is 25.5 Å². The summed E-state index contributed by atoms with van der Waals surface area (Å²) in [5.74, 6) is 2.03. The molecular weight excluding hydrogens is 240 g/mol. The molecule has 2 atom stereocenters. The molecule has 2 unspecified atom stereocenters.